The highest BCUT2D eigenvalue weighted by Crippen LogP contribution is 2.14. The molecule has 18 heavy (non-hydrogen) atoms. The monoisotopic (exact) mass is 270 g/mol. The molecule has 98 valence electrons. The van der Waals surface area contributed by atoms with Crippen LogP contribution in [0.15, 0.2) is 12.3 Å². The van der Waals surface area contributed by atoms with E-state index >= 15 is 0 Å². The van der Waals surface area contributed by atoms with E-state index in [0.29, 0.717) is 12.2 Å². The average Bonchev–Trinajstić information content (AvgIpc) is 2.36. The minimum Gasteiger partial charge on any atom is -0.397 e. The van der Waals surface area contributed by atoms with Crippen LogP contribution in [0.25, 0.3) is 0 Å². The lowest BCUT2D eigenvalue weighted by atomic mass is 10.2. The highest BCUT2D eigenvalue weighted by molar-refractivity contribution is 6.32. The molecule has 0 aliphatic rings. The second-order valence-corrected chi connectivity index (χ2v) is 4.00. The van der Waals surface area contributed by atoms with Crippen molar-refractivity contribution in [2.75, 3.05) is 18.8 Å². The molecule has 0 aromatic carbocycles. The standard InChI is InChI=1S/C11H15ClN4O2/c1-2-3-14-9(17)6-16-11(18)8-4-7(13)5-15-10(8)12/h4-5H,2-3,6,13H2,1H3,(H,14,17)(H,16,18). The summed E-state index contributed by atoms with van der Waals surface area (Å²) in [6.07, 6.45) is 2.19. The summed E-state index contributed by atoms with van der Waals surface area (Å²) in [5, 5.41) is 5.13. The fourth-order valence-electron chi connectivity index (χ4n) is 1.21. The smallest absolute Gasteiger partial charge is 0.254 e. The summed E-state index contributed by atoms with van der Waals surface area (Å²) in [4.78, 5) is 26.8. The van der Waals surface area contributed by atoms with Crippen LogP contribution in [0.3, 0.4) is 0 Å². The zero-order valence-electron chi connectivity index (χ0n) is 10.00. The quantitative estimate of drug-likeness (QED) is 0.682. The third-order valence-electron chi connectivity index (χ3n) is 2.09. The number of aromatic nitrogens is 1. The minimum absolute atomic E-state index is 0.0515. The molecule has 2 amide bonds. The van der Waals surface area contributed by atoms with Crippen LogP contribution in [0.2, 0.25) is 5.15 Å². The molecule has 1 aromatic rings. The van der Waals surface area contributed by atoms with Crippen molar-refractivity contribution in [1.82, 2.24) is 15.6 Å². The molecule has 0 aliphatic heterocycles. The van der Waals surface area contributed by atoms with E-state index in [1.807, 2.05) is 6.92 Å². The van der Waals surface area contributed by atoms with E-state index in [-0.39, 0.29) is 23.2 Å². The number of halogens is 1. The van der Waals surface area contributed by atoms with Gasteiger partial charge in [0.15, 0.2) is 0 Å². The lowest BCUT2D eigenvalue weighted by molar-refractivity contribution is -0.120. The zero-order valence-corrected chi connectivity index (χ0v) is 10.8. The Balaban J connectivity index is 2.55. The van der Waals surface area contributed by atoms with Crippen molar-refractivity contribution < 1.29 is 9.59 Å². The number of pyridine rings is 1. The van der Waals surface area contributed by atoms with Gasteiger partial charge in [-0.2, -0.15) is 0 Å². The summed E-state index contributed by atoms with van der Waals surface area (Å²) in [5.41, 5.74) is 5.99. The topological polar surface area (TPSA) is 97.1 Å². The van der Waals surface area contributed by atoms with Crippen molar-refractivity contribution in [1.29, 1.82) is 0 Å². The molecule has 1 aromatic heterocycles. The number of nitrogen functional groups attached to an aromatic ring is 1. The predicted octanol–water partition coefficient (Wildman–Crippen LogP) is 0.573. The Morgan fingerprint density at radius 3 is 2.83 bits per heavy atom. The van der Waals surface area contributed by atoms with Crippen LogP contribution in [0.4, 0.5) is 5.69 Å². The van der Waals surface area contributed by atoms with Gasteiger partial charge < -0.3 is 16.4 Å². The van der Waals surface area contributed by atoms with Gasteiger partial charge in [0.25, 0.3) is 5.91 Å². The first kappa shape index (κ1) is 14.2. The number of nitrogens with two attached hydrogens (primary N) is 1. The summed E-state index contributed by atoms with van der Waals surface area (Å²) >= 11 is 5.76. The van der Waals surface area contributed by atoms with Gasteiger partial charge in [-0.25, -0.2) is 4.98 Å². The fourth-order valence-corrected chi connectivity index (χ4v) is 1.40. The molecule has 0 radical (unpaired) electrons. The van der Waals surface area contributed by atoms with Crippen molar-refractivity contribution in [2.24, 2.45) is 0 Å². The number of carbonyl (C=O) groups excluding carboxylic acids is 2. The molecule has 0 fully saturated rings. The van der Waals surface area contributed by atoms with Crippen LogP contribution in [0, 0.1) is 0 Å². The summed E-state index contributed by atoms with van der Waals surface area (Å²) in [6, 6.07) is 1.41. The summed E-state index contributed by atoms with van der Waals surface area (Å²) in [7, 11) is 0. The van der Waals surface area contributed by atoms with Gasteiger partial charge in [0.2, 0.25) is 5.91 Å². The van der Waals surface area contributed by atoms with Gasteiger partial charge in [-0.1, -0.05) is 18.5 Å². The van der Waals surface area contributed by atoms with Crippen molar-refractivity contribution >= 4 is 29.1 Å². The second-order valence-electron chi connectivity index (χ2n) is 3.64. The molecule has 0 saturated heterocycles. The Morgan fingerprint density at radius 2 is 2.17 bits per heavy atom. The Labute approximate surface area is 110 Å². The maximum atomic E-state index is 11.7. The number of nitrogens with one attached hydrogen (secondary N) is 2. The van der Waals surface area contributed by atoms with Crippen molar-refractivity contribution in [2.45, 2.75) is 13.3 Å². The van der Waals surface area contributed by atoms with Gasteiger partial charge in [0.1, 0.15) is 5.15 Å². The van der Waals surface area contributed by atoms with Crippen LogP contribution in [0.5, 0.6) is 0 Å². The van der Waals surface area contributed by atoms with Crippen molar-refractivity contribution in [3.05, 3.63) is 23.0 Å². The lowest BCUT2D eigenvalue weighted by Gasteiger charge is -2.07. The van der Waals surface area contributed by atoms with Crippen molar-refractivity contribution in [3.63, 3.8) is 0 Å². The lowest BCUT2D eigenvalue weighted by Crippen LogP contribution is -2.37. The third kappa shape index (κ3) is 4.21. The largest absolute Gasteiger partial charge is 0.397 e. The Bertz CT molecular complexity index is 451. The molecule has 0 aliphatic carbocycles. The van der Waals surface area contributed by atoms with Gasteiger partial charge in [0.05, 0.1) is 24.0 Å². The molecular formula is C11H15ClN4O2. The number of anilines is 1. The molecule has 0 spiro atoms. The van der Waals surface area contributed by atoms with E-state index in [1.54, 1.807) is 0 Å². The van der Waals surface area contributed by atoms with Gasteiger partial charge in [0, 0.05) is 6.54 Å². The summed E-state index contributed by atoms with van der Waals surface area (Å²) < 4.78 is 0. The molecule has 0 saturated carbocycles. The highest BCUT2D eigenvalue weighted by Gasteiger charge is 2.12. The van der Waals surface area contributed by atoms with Gasteiger partial charge in [-0.05, 0) is 12.5 Å². The van der Waals surface area contributed by atoms with E-state index in [9.17, 15) is 9.59 Å². The van der Waals surface area contributed by atoms with Gasteiger partial charge in [-0.3, -0.25) is 9.59 Å². The van der Waals surface area contributed by atoms with E-state index in [1.165, 1.54) is 12.3 Å². The molecule has 0 bridgehead atoms. The number of hydrogen-bond acceptors (Lipinski definition) is 4. The van der Waals surface area contributed by atoms with Crippen LogP contribution in [0.1, 0.15) is 23.7 Å². The number of nitrogens with zero attached hydrogens (tertiary/aromatic N) is 1. The Kier molecular flexibility index (Phi) is 5.38. The molecule has 1 heterocycles. The second kappa shape index (κ2) is 6.80. The first-order valence-electron chi connectivity index (χ1n) is 5.50. The minimum atomic E-state index is -0.480. The van der Waals surface area contributed by atoms with Crippen LogP contribution in [-0.2, 0) is 4.79 Å². The number of hydrogen-bond donors (Lipinski definition) is 3. The molecule has 1 rings (SSSR count). The molecule has 0 unspecified atom stereocenters. The highest BCUT2D eigenvalue weighted by atomic mass is 35.5. The Morgan fingerprint density at radius 1 is 1.44 bits per heavy atom. The number of amides is 2. The SMILES string of the molecule is CCCNC(=O)CNC(=O)c1cc(N)cnc1Cl. The van der Waals surface area contributed by atoms with E-state index in [0.717, 1.165) is 6.42 Å². The van der Waals surface area contributed by atoms with Gasteiger partial charge in [-0.15, -0.1) is 0 Å². The van der Waals surface area contributed by atoms with Crippen LogP contribution in [-0.4, -0.2) is 29.9 Å². The van der Waals surface area contributed by atoms with E-state index < -0.39 is 5.91 Å². The summed E-state index contributed by atoms with van der Waals surface area (Å²) in [5.74, 6) is -0.732. The normalized spacial score (nSPS) is 9.89. The van der Waals surface area contributed by atoms with E-state index in [2.05, 4.69) is 15.6 Å². The molecular weight excluding hydrogens is 256 g/mol. The molecule has 4 N–H and O–H groups in total. The van der Waals surface area contributed by atoms with Crippen molar-refractivity contribution in [3.8, 4) is 0 Å². The maximum Gasteiger partial charge on any atom is 0.254 e. The van der Waals surface area contributed by atoms with Crippen LogP contribution < -0.4 is 16.4 Å². The third-order valence-corrected chi connectivity index (χ3v) is 2.39. The number of carbonyl (C=O) groups is 2. The van der Waals surface area contributed by atoms with Gasteiger partial charge >= 0.3 is 0 Å². The zero-order chi connectivity index (χ0) is 13.5. The maximum absolute atomic E-state index is 11.7. The summed E-state index contributed by atoms with van der Waals surface area (Å²) in [6.45, 7) is 2.41. The number of rotatable bonds is 5. The predicted molar refractivity (Wildman–Crippen MR) is 69.3 cm³/mol. The first-order chi connectivity index (χ1) is 8.54. The average molecular weight is 271 g/mol. The fraction of sp³-hybridized carbons (Fsp3) is 0.364. The van der Waals surface area contributed by atoms with E-state index in [4.69, 9.17) is 17.3 Å². The van der Waals surface area contributed by atoms with Crippen LogP contribution >= 0.6 is 11.6 Å². The first-order valence-corrected chi connectivity index (χ1v) is 5.88. The molecule has 7 heteroatoms. The molecule has 6 nitrogen and oxygen atoms in total. The molecule has 0 atom stereocenters. The Hall–Kier alpha value is -1.82.